The Labute approximate surface area is 157 Å². The van der Waals surface area contributed by atoms with E-state index in [0.717, 1.165) is 51.9 Å². The molecule has 0 amide bonds. The summed E-state index contributed by atoms with van der Waals surface area (Å²) in [5, 5.41) is 10.2. The molecule has 3 aromatic heterocycles. The zero-order valence-electron chi connectivity index (χ0n) is 13.9. The van der Waals surface area contributed by atoms with Crippen LogP contribution >= 0.6 is 27.3 Å². The van der Waals surface area contributed by atoms with E-state index in [4.69, 9.17) is 15.1 Å². The number of thiophene rings is 1. The Morgan fingerprint density at radius 3 is 2.88 bits per heavy atom. The molecule has 3 N–H and O–H groups in total. The average Bonchev–Trinajstić information content (AvgIpc) is 3.10. The molecule has 3 aromatic rings. The number of nitrogen functional groups attached to an aromatic ring is 1. The predicted octanol–water partition coefficient (Wildman–Crippen LogP) is 5.21. The van der Waals surface area contributed by atoms with Gasteiger partial charge in [-0.15, -0.1) is 11.3 Å². The van der Waals surface area contributed by atoms with E-state index >= 15 is 0 Å². The summed E-state index contributed by atoms with van der Waals surface area (Å²) in [4.78, 5) is 17.2. The van der Waals surface area contributed by atoms with Gasteiger partial charge in [0.1, 0.15) is 21.7 Å². The lowest BCUT2D eigenvalue weighted by molar-refractivity contribution is 0.0703. The average molecular weight is 421 g/mol. The summed E-state index contributed by atoms with van der Waals surface area (Å²) in [6.45, 7) is 4.36. The summed E-state index contributed by atoms with van der Waals surface area (Å²) >= 11 is 4.56. The number of carboxylic acid groups (broad SMARTS) is 1. The maximum absolute atomic E-state index is 11.6. The second-order valence-corrected chi connectivity index (χ2v) is 8.93. The first-order valence-corrected chi connectivity index (χ1v) is 9.63. The zero-order valence-corrected chi connectivity index (χ0v) is 16.3. The number of carboxylic acids is 1. The number of furan rings is 1. The van der Waals surface area contributed by atoms with Crippen LogP contribution in [0.25, 0.3) is 21.5 Å². The van der Waals surface area contributed by atoms with Gasteiger partial charge in [0.05, 0.1) is 15.9 Å². The number of aromatic nitrogens is 1. The first kappa shape index (κ1) is 16.6. The van der Waals surface area contributed by atoms with Gasteiger partial charge in [-0.25, -0.2) is 9.78 Å². The predicted molar refractivity (Wildman–Crippen MR) is 102 cm³/mol. The lowest BCUT2D eigenvalue weighted by Gasteiger charge is -2.32. The van der Waals surface area contributed by atoms with Gasteiger partial charge in [0, 0.05) is 16.4 Å². The summed E-state index contributed by atoms with van der Waals surface area (Å²) in [5.74, 6) is -0.334. The number of hydrogen-bond acceptors (Lipinski definition) is 5. The Balaban J connectivity index is 2.16. The highest BCUT2D eigenvalue weighted by atomic mass is 79.9. The smallest absolute Gasteiger partial charge is 0.348 e. The van der Waals surface area contributed by atoms with Gasteiger partial charge in [-0.1, -0.05) is 13.8 Å². The topological polar surface area (TPSA) is 89.3 Å². The molecule has 7 heteroatoms. The highest BCUT2D eigenvalue weighted by Crippen LogP contribution is 2.47. The number of aromatic carboxylic acids is 1. The molecule has 0 saturated carbocycles. The van der Waals surface area contributed by atoms with E-state index in [2.05, 4.69) is 29.8 Å². The van der Waals surface area contributed by atoms with Crippen molar-refractivity contribution in [2.24, 2.45) is 0 Å². The molecule has 0 fully saturated rings. The molecule has 0 saturated heterocycles. The molecule has 1 aliphatic rings. The van der Waals surface area contributed by atoms with E-state index in [0.29, 0.717) is 16.0 Å². The van der Waals surface area contributed by atoms with E-state index < -0.39 is 5.97 Å². The third kappa shape index (κ3) is 2.48. The van der Waals surface area contributed by atoms with Crippen molar-refractivity contribution in [1.82, 2.24) is 4.98 Å². The largest absolute Gasteiger partial charge is 0.477 e. The fourth-order valence-electron chi connectivity index (χ4n) is 3.69. The molecular formula is C18H17BrN2O3S. The van der Waals surface area contributed by atoms with Crippen molar-refractivity contribution in [2.75, 3.05) is 5.73 Å². The highest BCUT2D eigenvalue weighted by Gasteiger charge is 2.34. The number of nitrogens with two attached hydrogens (primary N) is 1. The summed E-state index contributed by atoms with van der Waals surface area (Å²) in [6, 6.07) is 1.90. The molecule has 130 valence electrons. The van der Waals surface area contributed by atoms with E-state index in [-0.39, 0.29) is 16.0 Å². The second kappa shape index (κ2) is 5.57. The fraction of sp³-hybridized carbons (Fsp3) is 0.333. The molecule has 0 aliphatic heterocycles. The van der Waals surface area contributed by atoms with Crippen molar-refractivity contribution in [3.05, 3.63) is 32.9 Å². The van der Waals surface area contributed by atoms with Crippen molar-refractivity contribution in [3.8, 4) is 11.3 Å². The van der Waals surface area contributed by atoms with E-state index in [1.165, 1.54) is 0 Å². The Hall–Kier alpha value is -1.86. The van der Waals surface area contributed by atoms with Gasteiger partial charge in [0.2, 0.25) is 0 Å². The Bertz CT molecular complexity index is 1020. The molecule has 0 bridgehead atoms. The Morgan fingerprint density at radius 2 is 2.24 bits per heavy atom. The second-order valence-electron chi connectivity index (χ2n) is 7.01. The van der Waals surface area contributed by atoms with Crippen LogP contribution in [0, 0.1) is 0 Å². The van der Waals surface area contributed by atoms with E-state index in [1.807, 2.05) is 6.07 Å². The third-order valence-electron chi connectivity index (χ3n) is 4.86. The molecular weight excluding hydrogens is 404 g/mol. The number of rotatable bonds is 2. The van der Waals surface area contributed by atoms with Crippen LogP contribution in [0.2, 0.25) is 0 Å². The highest BCUT2D eigenvalue weighted by molar-refractivity contribution is 9.10. The van der Waals surface area contributed by atoms with Crippen molar-refractivity contribution in [2.45, 2.75) is 38.5 Å². The van der Waals surface area contributed by atoms with Gasteiger partial charge in [0.25, 0.3) is 0 Å². The maximum Gasteiger partial charge on any atom is 0.348 e. The molecule has 0 atom stereocenters. The van der Waals surface area contributed by atoms with Crippen molar-refractivity contribution in [1.29, 1.82) is 0 Å². The molecule has 5 nitrogen and oxygen atoms in total. The summed E-state index contributed by atoms with van der Waals surface area (Å²) in [5.41, 5.74) is 9.45. The summed E-state index contributed by atoms with van der Waals surface area (Å²) < 4.78 is 6.58. The first-order valence-electron chi connectivity index (χ1n) is 8.02. The SMILES string of the molecule is CC1(C)CCCc2c1nc1sc(C(=O)O)c(N)c1c2-c1cc(Br)co1. The number of hydrogen-bond donors (Lipinski definition) is 2. The van der Waals surface area contributed by atoms with Crippen molar-refractivity contribution >= 4 is 49.1 Å². The zero-order chi connectivity index (χ0) is 17.9. The number of fused-ring (bicyclic) bond motifs is 2. The lowest BCUT2D eigenvalue weighted by Crippen LogP contribution is -2.26. The normalized spacial score (nSPS) is 16.1. The Morgan fingerprint density at radius 1 is 1.48 bits per heavy atom. The van der Waals surface area contributed by atoms with Crippen LogP contribution in [-0.4, -0.2) is 16.1 Å². The van der Waals surface area contributed by atoms with Gasteiger partial charge in [0.15, 0.2) is 0 Å². The van der Waals surface area contributed by atoms with Crippen LogP contribution in [0.5, 0.6) is 0 Å². The molecule has 4 rings (SSSR count). The molecule has 0 unspecified atom stereocenters. The van der Waals surface area contributed by atoms with Gasteiger partial charge in [-0.3, -0.25) is 0 Å². The minimum absolute atomic E-state index is 0.0670. The van der Waals surface area contributed by atoms with Gasteiger partial charge in [-0.05, 0) is 46.8 Å². The van der Waals surface area contributed by atoms with Crippen LogP contribution in [0.15, 0.2) is 21.2 Å². The third-order valence-corrected chi connectivity index (χ3v) is 6.36. The number of carbonyl (C=O) groups is 1. The van der Waals surface area contributed by atoms with Crippen molar-refractivity contribution < 1.29 is 14.3 Å². The minimum Gasteiger partial charge on any atom is -0.477 e. The van der Waals surface area contributed by atoms with Crippen LogP contribution in [0.1, 0.15) is 47.6 Å². The molecule has 1 aliphatic carbocycles. The quantitative estimate of drug-likeness (QED) is 0.593. The van der Waals surface area contributed by atoms with E-state index in [1.54, 1.807) is 6.26 Å². The van der Waals surface area contributed by atoms with Crippen LogP contribution < -0.4 is 5.73 Å². The molecule has 0 spiro atoms. The van der Waals surface area contributed by atoms with Gasteiger partial charge < -0.3 is 15.3 Å². The first-order chi connectivity index (χ1) is 11.8. The summed E-state index contributed by atoms with van der Waals surface area (Å²) in [6.07, 6.45) is 4.61. The maximum atomic E-state index is 11.6. The van der Waals surface area contributed by atoms with Gasteiger partial charge in [-0.2, -0.15) is 0 Å². The number of anilines is 1. The van der Waals surface area contributed by atoms with E-state index in [9.17, 15) is 9.90 Å². The van der Waals surface area contributed by atoms with Crippen LogP contribution in [0.3, 0.4) is 0 Å². The minimum atomic E-state index is -1.02. The van der Waals surface area contributed by atoms with Crippen LogP contribution in [-0.2, 0) is 11.8 Å². The number of nitrogens with zero attached hydrogens (tertiary/aromatic N) is 1. The van der Waals surface area contributed by atoms with Crippen LogP contribution in [0.4, 0.5) is 5.69 Å². The molecule has 0 aromatic carbocycles. The Kier molecular flexibility index (Phi) is 3.70. The number of pyridine rings is 1. The monoisotopic (exact) mass is 420 g/mol. The fourth-order valence-corrected chi connectivity index (χ4v) is 4.94. The molecule has 3 heterocycles. The van der Waals surface area contributed by atoms with Gasteiger partial charge >= 0.3 is 5.97 Å². The number of halogens is 1. The standard InChI is InChI=1S/C18H17BrN2O3S/c1-18(2)5-3-4-9-11(10-6-8(19)7-24-10)12-13(20)14(17(22)23)25-16(12)21-15(9)18/h6-7H,3-5,20H2,1-2H3,(H,22,23). The molecule has 25 heavy (non-hydrogen) atoms. The van der Waals surface area contributed by atoms with Crippen molar-refractivity contribution in [3.63, 3.8) is 0 Å². The molecule has 0 radical (unpaired) electrons. The summed E-state index contributed by atoms with van der Waals surface area (Å²) in [7, 11) is 0. The lowest BCUT2D eigenvalue weighted by atomic mass is 9.74.